The molecule has 1 aliphatic rings. The van der Waals surface area contributed by atoms with Crippen molar-refractivity contribution in [3.05, 3.63) is 71.8 Å². The lowest BCUT2D eigenvalue weighted by Gasteiger charge is -2.14. The van der Waals surface area contributed by atoms with Gasteiger partial charge < -0.3 is 10.4 Å². The molecule has 1 atom stereocenters. The summed E-state index contributed by atoms with van der Waals surface area (Å²) in [5, 5.41) is 12.9. The molecule has 0 spiro atoms. The van der Waals surface area contributed by atoms with Crippen LogP contribution in [-0.4, -0.2) is 17.1 Å². The number of amides is 1. The summed E-state index contributed by atoms with van der Waals surface area (Å²) in [4.78, 5) is 10.9. The van der Waals surface area contributed by atoms with Gasteiger partial charge in [-0.05, 0) is 17.2 Å². The van der Waals surface area contributed by atoms with E-state index in [-0.39, 0.29) is 11.9 Å². The van der Waals surface area contributed by atoms with E-state index in [1.807, 2.05) is 54.6 Å². The van der Waals surface area contributed by atoms with Crippen LogP contribution in [0.25, 0.3) is 0 Å². The summed E-state index contributed by atoms with van der Waals surface area (Å²) in [7, 11) is 0. The smallest absolute Gasteiger partial charge is 0.217 e. The molecule has 98 valence electrons. The highest BCUT2D eigenvalue weighted by molar-refractivity contribution is 5.74. The minimum Gasteiger partial charge on any atom is -0.384 e. The van der Waals surface area contributed by atoms with Crippen LogP contribution in [0.5, 0.6) is 0 Å². The van der Waals surface area contributed by atoms with Gasteiger partial charge in [0.15, 0.2) is 0 Å². The number of rotatable bonds is 3. The number of hydrogen-bond donors (Lipinski definition) is 2. The number of aliphatic hydroxyl groups excluding tert-OH is 1. The van der Waals surface area contributed by atoms with E-state index in [1.165, 1.54) is 6.92 Å². The minimum atomic E-state index is -0.622. The zero-order valence-corrected chi connectivity index (χ0v) is 10.8. The third-order valence-electron chi connectivity index (χ3n) is 2.85. The lowest BCUT2D eigenvalue weighted by atomic mass is 10.0. The predicted octanol–water partition coefficient (Wildman–Crippen LogP) is 2.28. The van der Waals surface area contributed by atoms with Gasteiger partial charge in [0.2, 0.25) is 5.91 Å². The van der Waals surface area contributed by atoms with E-state index in [2.05, 4.69) is 5.32 Å². The second kappa shape index (κ2) is 6.16. The van der Waals surface area contributed by atoms with Crippen LogP contribution in [0.3, 0.4) is 0 Å². The Labute approximate surface area is 113 Å². The molecule has 3 nitrogen and oxygen atoms in total. The third-order valence-corrected chi connectivity index (χ3v) is 2.85. The quantitative estimate of drug-likeness (QED) is 0.870. The van der Waals surface area contributed by atoms with Gasteiger partial charge in [0, 0.05) is 6.92 Å². The minimum absolute atomic E-state index is 0.0592. The Balaban J connectivity index is 2.03. The molecule has 3 heteroatoms. The number of carbonyl (C=O) groups excluding carboxylic acids is 1. The first-order valence-electron chi connectivity index (χ1n) is 6.23. The van der Waals surface area contributed by atoms with Crippen LogP contribution in [-0.2, 0) is 4.79 Å². The highest BCUT2D eigenvalue weighted by atomic mass is 16.3. The predicted molar refractivity (Wildman–Crippen MR) is 75.4 cm³/mol. The van der Waals surface area contributed by atoms with E-state index in [0.29, 0.717) is 0 Å². The summed E-state index contributed by atoms with van der Waals surface area (Å²) in [6.07, 6.45) is 8.74. The van der Waals surface area contributed by atoms with E-state index >= 15 is 0 Å². The van der Waals surface area contributed by atoms with Gasteiger partial charge in [-0.2, -0.15) is 0 Å². The first-order valence-corrected chi connectivity index (χ1v) is 6.23. The monoisotopic (exact) mass is 255 g/mol. The molecule has 0 heterocycles. The summed E-state index contributed by atoms with van der Waals surface area (Å²) in [5.41, 5.74) is 1.79. The summed E-state index contributed by atoms with van der Waals surface area (Å²) in [6, 6.07) is 9.42. The molecular formula is C16H17NO2. The Morgan fingerprint density at radius 1 is 1.26 bits per heavy atom. The van der Waals surface area contributed by atoms with Gasteiger partial charge in [0.1, 0.15) is 0 Å². The maximum Gasteiger partial charge on any atom is 0.217 e. The van der Waals surface area contributed by atoms with Gasteiger partial charge in [-0.1, -0.05) is 54.6 Å². The molecule has 2 N–H and O–H groups in total. The molecule has 0 saturated heterocycles. The van der Waals surface area contributed by atoms with Crippen molar-refractivity contribution in [1.82, 2.24) is 5.32 Å². The van der Waals surface area contributed by atoms with Crippen molar-refractivity contribution in [1.29, 1.82) is 0 Å². The number of benzene rings is 1. The zero-order chi connectivity index (χ0) is 13.7. The van der Waals surface area contributed by atoms with Crippen molar-refractivity contribution in [2.75, 3.05) is 0 Å². The van der Waals surface area contributed by atoms with E-state index in [4.69, 9.17) is 0 Å². The zero-order valence-electron chi connectivity index (χ0n) is 10.8. The molecule has 19 heavy (non-hydrogen) atoms. The number of allylic oxidation sites excluding steroid dienone is 3. The van der Waals surface area contributed by atoms with Crippen LogP contribution in [0, 0.1) is 0 Å². The van der Waals surface area contributed by atoms with Gasteiger partial charge >= 0.3 is 0 Å². The molecule has 1 aromatic carbocycles. The second-order valence-corrected chi connectivity index (χ2v) is 4.47. The SMILES string of the molecule is CC(=O)NC1C=CC(=CC(O)c2ccccc2)C=C1. The van der Waals surface area contributed by atoms with Crippen LogP contribution in [0.15, 0.2) is 66.3 Å². The van der Waals surface area contributed by atoms with Crippen molar-refractivity contribution in [2.45, 2.75) is 19.1 Å². The average molecular weight is 255 g/mol. The molecular weight excluding hydrogens is 238 g/mol. The van der Waals surface area contributed by atoms with Crippen molar-refractivity contribution in [2.24, 2.45) is 0 Å². The Morgan fingerprint density at radius 3 is 2.47 bits per heavy atom. The maximum absolute atomic E-state index is 10.9. The van der Waals surface area contributed by atoms with Crippen LogP contribution < -0.4 is 5.32 Å². The molecule has 1 aliphatic carbocycles. The van der Waals surface area contributed by atoms with E-state index in [0.717, 1.165) is 11.1 Å². The lowest BCUT2D eigenvalue weighted by Crippen LogP contribution is -2.30. The highest BCUT2D eigenvalue weighted by Crippen LogP contribution is 2.18. The molecule has 0 radical (unpaired) electrons. The van der Waals surface area contributed by atoms with Crippen molar-refractivity contribution >= 4 is 5.91 Å². The number of carbonyl (C=O) groups is 1. The highest BCUT2D eigenvalue weighted by Gasteiger charge is 2.08. The third kappa shape index (κ3) is 3.93. The van der Waals surface area contributed by atoms with E-state index < -0.39 is 6.10 Å². The van der Waals surface area contributed by atoms with Gasteiger partial charge in [-0.3, -0.25) is 4.79 Å². The van der Waals surface area contributed by atoms with Crippen LogP contribution in [0.1, 0.15) is 18.6 Å². The molecule has 0 bridgehead atoms. The van der Waals surface area contributed by atoms with Crippen LogP contribution in [0.4, 0.5) is 0 Å². The van der Waals surface area contributed by atoms with Gasteiger partial charge in [-0.15, -0.1) is 0 Å². The normalized spacial score (nSPS) is 19.1. The van der Waals surface area contributed by atoms with Crippen molar-refractivity contribution in [3.63, 3.8) is 0 Å². The van der Waals surface area contributed by atoms with Crippen molar-refractivity contribution in [3.8, 4) is 0 Å². The largest absolute Gasteiger partial charge is 0.384 e. The number of hydrogen-bond acceptors (Lipinski definition) is 2. The van der Waals surface area contributed by atoms with Crippen molar-refractivity contribution < 1.29 is 9.90 Å². The Morgan fingerprint density at radius 2 is 1.89 bits per heavy atom. The Bertz CT molecular complexity index is 513. The first-order chi connectivity index (χ1) is 9.15. The standard InChI is InChI=1S/C16H17NO2/c1-12(18)17-15-9-7-13(8-10-15)11-16(19)14-5-3-2-4-6-14/h2-11,15-16,19H,1H3,(H,17,18). The van der Waals surface area contributed by atoms with Gasteiger partial charge in [-0.25, -0.2) is 0 Å². The Kier molecular flexibility index (Phi) is 4.31. The molecule has 1 aromatic rings. The first kappa shape index (κ1) is 13.3. The topological polar surface area (TPSA) is 49.3 Å². The molecule has 0 fully saturated rings. The molecule has 0 aromatic heterocycles. The molecule has 2 rings (SSSR count). The van der Waals surface area contributed by atoms with Crippen LogP contribution in [0.2, 0.25) is 0 Å². The maximum atomic E-state index is 10.9. The molecule has 1 amide bonds. The molecule has 0 aliphatic heterocycles. The van der Waals surface area contributed by atoms with Gasteiger partial charge in [0.05, 0.1) is 12.1 Å². The summed E-state index contributed by atoms with van der Waals surface area (Å²) < 4.78 is 0. The second-order valence-electron chi connectivity index (χ2n) is 4.47. The molecule has 0 saturated carbocycles. The molecule has 1 unspecified atom stereocenters. The Hall–Kier alpha value is -2.13. The van der Waals surface area contributed by atoms with Gasteiger partial charge in [0.25, 0.3) is 0 Å². The van der Waals surface area contributed by atoms with E-state index in [9.17, 15) is 9.90 Å². The fraction of sp³-hybridized carbons (Fsp3) is 0.188. The average Bonchev–Trinajstić information content (AvgIpc) is 2.41. The van der Waals surface area contributed by atoms with Crippen LogP contribution >= 0.6 is 0 Å². The lowest BCUT2D eigenvalue weighted by molar-refractivity contribution is -0.119. The number of aliphatic hydroxyl groups is 1. The fourth-order valence-electron chi connectivity index (χ4n) is 1.92. The summed E-state index contributed by atoms with van der Waals surface area (Å²) in [5.74, 6) is -0.0592. The summed E-state index contributed by atoms with van der Waals surface area (Å²) in [6.45, 7) is 1.49. The number of nitrogens with one attached hydrogen (secondary N) is 1. The summed E-state index contributed by atoms with van der Waals surface area (Å²) >= 11 is 0. The van der Waals surface area contributed by atoms with E-state index in [1.54, 1.807) is 6.08 Å². The fourth-order valence-corrected chi connectivity index (χ4v) is 1.92.